The van der Waals surface area contributed by atoms with Gasteiger partial charge >= 0.3 is 11.9 Å². The van der Waals surface area contributed by atoms with Gasteiger partial charge in [0.25, 0.3) is 0 Å². The molecule has 0 amide bonds. The van der Waals surface area contributed by atoms with Gasteiger partial charge in [-0.3, -0.25) is 0 Å². The third kappa shape index (κ3) is 3.63. The number of esters is 2. The van der Waals surface area contributed by atoms with Crippen LogP contribution in [0.25, 0.3) is 0 Å². The Balaban J connectivity index is 2.07. The van der Waals surface area contributed by atoms with Crippen LogP contribution in [0.15, 0.2) is 48.5 Å². The molecule has 5 nitrogen and oxygen atoms in total. The van der Waals surface area contributed by atoms with Gasteiger partial charge in [-0.2, -0.15) is 0 Å². The topological polar surface area (TPSA) is 64.6 Å². The van der Waals surface area contributed by atoms with E-state index >= 15 is 0 Å². The van der Waals surface area contributed by atoms with Crippen LogP contribution in [0.1, 0.15) is 26.3 Å². The lowest BCUT2D eigenvalue weighted by atomic mass is 10.1. The van der Waals surface area contributed by atoms with E-state index in [-0.39, 0.29) is 6.61 Å². The molecule has 0 aromatic heterocycles. The molecule has 0 saturated carbocycles. The fourth-order valence-corrected chi connectivity index (χ4v) is 2.01. The van der Waals surface area contributed by atoms with Crippen molar-refractivity contribution in [2.24, 2.45) is 0 Å². The number of ether oxygens (including phenoxy) is 2. The normalized spacial score (nSPS) is 9.91. The molecule has 0 aliphatic heterocycles. The Hall–Kier alpha value is -2.82. The summed E-state index contributed by atoms with van der Waals surface area (Å²) in [5.74, 6) is -0.845. The summed E-state index contributed by atoms with van der Waals surface area (Å²) in [6.45, 7) is 0.0850. The molecule has 0 heterocycles. The Morgan fingerprint density at radius 2 is 1.82 bits per heavy atom. The Bertz CT molecular complexity index is 682. The highest BCUT2D eigenvalue weighted by Crippen LogP contribution is 2.16. The number of hydrogen-bond acceptors (Lipinski definition) is 5. The first-order valence-electron chi connectivity index (χ1n) is 6.77. The molecule has 2 aromatic carbocycles. The maximum absolute atomic E-state index is 12.1. The first-order valence-corrected chi connectivity index (χ1v) is 6.77. The zero-order chi connectivity index (χ0) is 15.9. The van der Waals surface area contributed by atoms with Crippen molar-refractivity contribution in [2.45, 2.75) is 6.61 Å². The number of anilines is 1. The Labute approximate surface area is 128 Å². The summed E-state index contributed by atoms with van der Waals surface area (Å²) < 4.78 is 9.96. The molecule has 0 saturated heterocycles. The monoisotopic (exact) mass is 299 g/mol. The smallest absolute Gasteiger partial charge is 0.340 e. The number of methoxy groups -OCH3 is 1. The molecule has 5 heteroatoms. The highest BCUT2D eigenvalue weighted by molar-refractivity contribution is 5.95. The Kier molecular flexibility index (Phi) is 5.14. The molecule has 0 spiro atoms. The zero-order valence-corrected chi connectivity index (χ0v) is 12.5. The lowest BCUT2D eigenvalue weighted by molar-refractivity contribution is 0.0474. The number of rotatable bonds is 5. The van der Waals surface area contributed by atoms with Gasteiger partial charge in [-0.15, -0.1) is 0 Å². The third-order valence-electron chi connectivity index (χ3n) is 3.13. The third-order valence-corrected chi connectivity index (χ3v) is 3.13. The van der Waals surface area contributed by atoms with Gasteiger partial charge in [0, 0.05) is 12.7 Å². The standard InChI is InChI=1S/C17H17NO4/c1-18-15-9-4-3-8-14(15)17(20)22-11-12-6-5-7-13(10-12)16(19)21-2/h3-10,18H,11H2,1-2H3. The molecule has 0 aliphatic rings. The number of hydrogen-bond donors (Lipinski definition) is 1. The van der Waals surface area contributed by atoms with Crippen LogP contribution >= 0.6 is 0 Å². The molecule has 0 atom stereocenters. The fraction of sp³-hybridized carbons (Fsp3) is 0.176. The van der Waals surface area contributed by atoms with E-state index < -0.39 is 11.9 Å². The fourth-order valence-electron chi connectivity index (χ4n) is 2.01. The first kappa shape index (κ1) is 15.6. The van der Waals surface area contributed by atoms with Gasteiger partial charge in [-0.1, -0.05) is 24.3 Å². The van der Waals surface area contributed by atoms with Crippen LogP contribution in [-0.2, 0) is 16.1 Å². The summed E-state index contributed by atoms with van der Waals surface area (Å²) in [6.07, 6.45) is 0. The number of carbonyl (C=O) groups excluding carboxylic acids is 2. The Morgan fingerprint density at radius 1 is 1.05 bits per heavy atom. The summed E-state index contributed by atoms with van der Waals surface area (Å²) in [7, 11) is 3.07. The van der Waals surface area contributed by atoms with E-state index in [1.54, 1.807) is 49.5 Å². The molecule has 22 heavy (non-hydrogen) atoms. The van der Waals surface area contributed by atoms with E-state index in [1.165, 1.54) is 7.11 Å². The molecule has 0 fully saturated rings. The highest BCUT2D eigenvalue weighted by atomic mass is 16.5. The van der Waals surface area contributed by atoms with Crippen molar-refractivity contribution in [3.63, 3.8) is 0 Å². The van der Waals surface area contributed by atoms with Crippen LogP contribution in [0.4, 0.5) is 5.69 Å². The van der Waals surface area contributed by atoms with Crippen molar-refractivity contribution in [1.29, 1.82) is 0 Å². The van der Waals surface area contributed by atoms with Crippen LogP contribution in [0.5, 0.6) is 0 Å². The van der Waals surface area contributed by atoms with Gasteiger partial charge in [0.05, 0.1) is 18.2 Å². The molecule has 0 unspecified atom stereocenters. The van der Waals surface area contributed by atoms with E-state index in [0.717, 1.165) is 5.56 Å². The van der Waals surface area contributed by atoms with E-state index in [1.807, 2.05) is 6.07 Å². The van der Waals surface area contributed by atoms with Gasteiger partial charge < -0.3 is 14.8 Å². The largest absolute Gasteiger partial charge is 0.465 e. The lowest BCUT2D eigenvalue weighted by Crippen LogP contribution is -2.09. The van der Waals surface area contributed by atoms with Crippen LogP contribution in [-0.4, -0.2) is 26.1 Å². The second-order valence-electron chi connectivity index (χ2n) is 4.56. The summed E-state index contributed by atoms with van der Waals surface area (Å²) >= 11 is 0. The van der Waals surface area contributed by atoms with Gasteiger partial charge in [0.2, 0.25) is 0 Å². The van der Waals surface area contributed by atoms with Crippen LogP contribution in [0.2, 0.25) is 0 Å². The second-order valence-corrected chi connectivity index (χ2v) is 4.56. The predicted octanol–water partition coefficient (Wildman–Crippen LogP) is 2.87. The van der Waals surface area contributed by atoms with Crippen LogP contribution in [0.3, 0.4) is 0 Å². The molecular formula is C17H17NO4. The van der Waals surface area contributed by atoms with Gasteiger partial charge in [0.15, 0.2) is 0 Å². The predicted molar refractivity (Wildman–Crippen MR) is 82.9 cm³/mol. The van der Waals surface area contributed by atoms with Crippen molar-refractivity contribution in [2.75, 3.05) is 19.5 Å². The molecule has 114 valence electrons. The maximum Gasteiger partial charge on any atom is 0.340 e. The average Bonchev–Trinajstić information content (AvgIpc) is 2.59. The molecular weight excluding hydrogens is 282 g/mol. The van der Waals surface area contributed by atoms with Crippen molar-refractivity contribution in [3.05, 3.63) is 65.2 Å². The second kappa shape index (κ2) is 7.26. The van der Waals surface area contributed by atoms with Crippen molar-refractivity contribution >= 4 is 17.6 Å². The lowest BCUT2D eigenvalue weighted by Gasteiger charge is -2.09. The quantitative estimate of drug-likeness (QED) is 0.860. The molecule has 2 rings (SSSR count). The number of benzene rings is 2. The summed E-state index contributed by atoms with van der Waals surface area (Å²) in [6, 6.07) is 13.9. The summed E-state index contributed by atoms with van der Waals surface area (Å²) in [5, 5.41) is 2.94. The van der Waals surface area contributed by atoms with Crippen LogP contribution < -0.4 is 5.32 Å². The van der Waals surface area contributed by atoms with E-state index in [0.29, 0.717) is 16.8 Å². The molecule has 0 aliphatic carbocycles. The SMILES string of the molecule is CNc1ccccc1C(=O)OCc1cccc(C(=O)OC)c1. The number of para-hydroxylation sites is 1. The van der Waals surface area contributed by atoms with Gasteiger partial charge in [0.1, 0.15) is 6.61 Å². The summed E-state index contributed by atoms with van der Waals surface area (Å²) in [4.78, 5) is 23.6. The van der Waals surface area contributed by atoms with Crippen LogP contribution in [0, 0.1) is 0 Å². The van der Waals surface area contributed by atoms with Crippen molar-refractivity contribution < 1.29 is 19.1 Å². The van der Waals surface area contributed by atoms with E-state index in [9.17, 15) is 9.59 Å². The highest BCUT2D eigenvalue weighted by Gasteiger charge is 2.12. The zero-order valence-electron chi connectivity index (χ0n) is 12.5. The molecule has 1 N–H and O–H groups in total. The van der Waals surface area contributed by atoms with E-state index in [4.69, 9.17) is 4.74 Å². The molecule has 0 bridgehead atoms. The van der Waals surface area contributed by atoms with Crippen molar-refractivity contribution in [3.8, 4) is 0 Å². The minimum atomic E-state index is -0.423. The first-order chi connectivity index (χ1) is 10.7. The molecule has 2 aromatic rings. The number of carbonyl (C=O) groups is 2. The van der Waals surface area contributed by atoms with Crippen molar-refractivity contribution in [1.82, 2.24) is 0 Å². The summed E-state index contributed by atoms with van der Waals surface area (Å²) in [5.41, 5.74) is 2.31. The Morgan fingerprint density at radius 3 is 2.55 bits per heavy atom. The number of nitrogens with one attached hydrogen (secondary N) is 1. The average molecular weight is 299 g/mol. The van der Waals surface area contributed by atoms with Gasteiger partial charge in [-0.25, -0.2) is 9.59 Å². The minimum Gasteiger partial charge on any atom is -0.465 e. The maximum atomic E-state index is 12.1. The minimum absolute atomic E-state index is 0.0850. The van der Waals surface area contributed by atoms with Gasteiger partial charge in [-0.05, 0) is 29.8 Å². The van der Waals surface area contributed by atoms with E-state index in [2.05, 4.69) is 10.1 Å². The molecule has 0 radical (unpaired) electrons.